The van der Waals surface area contributed by atoms with Crippen molar-refractivity contribution < 1.29 is 14.3 Å². The molecular weight excluding hydrogens is 286 g/mol. The Morgan fingerprint density at radius 1 is 1.52 bits per heavy atom. The molecule has 5 heteroatoms. The molecule has 3 atom stereocenters. The number of hydrogen-bond acceptors (Lipinski definition) is 4. The largest absolute Gasteiger partial charge is 0.459 e. The van der Waals surface area contributed by atoms with E-state index < -0.39 is 0 Å². The van der Waals surface area contributed by atoms with Gasteiger partial charge < -0.3 is 10.1 Å². The second-order valence-corrected chi connectivity index (χ2v) is 7.78. The Labute approximate surface area is 131 Å². The van der Waals surface area contributed by atoms with Crippen LogP contribution in [0.3, 0.4) is 0 Å². The molecule has 1 N–H and O–H groups in total. The van der Waals surface area contributed by atoms with Crippen molar-refractivity contribution in [3.8, 4) is 0 Å². The molecular formula is C16H25NO3S. The molecule has 2 unspecified atom stereocenters. The van der Waals surface area contributed by atoms with Gasteiger partial charge in [-0.3, -0.25) is 4.79 Å². The number of rotatable bonds is 5. The monoisotopic (exact) mass is 311 g/mol. The summed E-state index contributed by atoms with van der Waals surface area (Å²) in [5, 5.41) is 4.57. The number of carbonyl (C=O) groups excluding carboxylic acids is 2. The van der Waals surface area contributed by atoms with E-state index in [0.717, 1.165) is 19.3 Å². The van der Waals surface area contributed by atoms with Crippen molar-refractivity contribution in [1.29, 1.82) is 0 Å². The first kappa shape index (κ1) is 16.4. The molecule has 2 fully saturated rings. The van der Waals surface area contributed by atoms with Crippen molar-refractivity contribution in [3.05, 3.63) is 11.5 Å². The number of amides is 1. The second kappa shape index (κ2) is 6.86. The molecule has 2 aliphatic rings. The summed E-state index contributed by atoms with van der Waals surface area (Å²) in [4.78, 5) is 22.6. The van der Waals surface area contributed by atoms with Crippen LogP contribution in [0.15, 0.2) is 11.5 Å². The lowest BCUT2D eigenvalue weighted by atomic mass is 9.67. The van der Waals surface area contributed by atoms with E-state index in [1.54, 1.807) is 5.41 Å². The van der Waals surface area contributed by atoms with Crippen LogP contribution >= 0.6 is 11.8 Å². The minimum Gasteiger partial charge on any atom is -0.459 e. The van der Waals surface area contributed by atoms with Crippen LogP contribution in [-0.2, 0) is 14.3 Å². The van der Waals surface area contributed by atoms with E-state index in [1.165, 1.54) is 24.3 Å². The Kier molecular flexibility index (Phi) is 5.36. The van der Waals surface area contributed by atoms with E-state index in [4.69, 9.17) is 4.74 Å². The van der Waals surface area contributed by atoms with Crippen molar-refractivity contribution >= 4 is 23.6 Å². The molecule has 0 aromatic heterocycles. The summed E-state index contributed by atoms with van der Waals surface area (Å²) in [6.07, 6.45) is 6.29. The first-order valence-electron chi connectivity index (χ1n) is 7.71. The van der Waals surface area contributed by atoms with Crippen LogP contribution in [0.2, 0.25) is 0 Å². The van der Waals surface area contributed by atoms with E-state index in [9.17, 15) is 9.59 Å². The van der Waals surface area contributed by atoms with E-state index in [1.807, 2.05) is 0 Å². The number of nitrogens with one attached hydrogen (secondary N) is 1. The summed E-state index contributed by atoms with van der Waals surface area (Å²) in [6, 6.07) is 0. The van der Waals surface area contributed by atoms with E-state index >= 15 is 0 Å². The molecule has 1 heterocycles. The lowest BCUT2D eigenvalue weighted by Crippen LogP contribution is -2.45. The van der Waals surface area contributed by atoms with Crippen molar-refractivity contribution in [2.24, 2.45) is 11.3 Å². The van der Waals surface area contributed by atoms with Gasteiger partial charge >= 0.3 is 5.97 Å². The Morgan fingerprint density at radius 3 is 2.86 bits per heavy atom. The Morgan fingerprint density at radius 2 is 2.24 bits per heavy atom. The van der Waals surface area contributed by atoms with Crippen molar-refractivity contribution in [2.45, 2.75) is 64.4 Å². The van der Waals surface area contributed by atoms with Gasteiger partial charge in [0.2, 0.25) is 5.91 Å². The standard InChI is InChI=1S/C16H25NO3S/c1-11(2)16(3)7-4-5-12(10-16)20-15(19)6-8-21-14-9-13(18)17-14/h6,8,11-12,14H,4-5,7,9-10H2,1-3H3,(H,17,18)/t12?,14-,16?/m1/s1. The topological polar surface area (TPSA) is 55.4 Å². The average molecular weight is 311 g/mol. The summed E-state index contributed by atoms with van der Waals surface area (Å²) < 4.78 is 5.57. The molecule has 1 saturated carbocycles. The van der Waals surface area contributed by atoms with Gasteiger partial charge in [-0.05, 0) is 42.4 Å². The molecule has 21 heavy (non-hydrogen) atoms. The van der Waals surface area contributed by atoms with Gasteiger partial charge in [0.1, 0.15) is 6.10 Å². The van der Waals surface area contributed by atoms with Gasteiger partial charge in [-0.2, -0.15) is 0 Å². The first-order valence-corrected chi connectivity index (χ1v) is 8.65. The predicted octanol–water partition coefficient (Wildman–Crippen LogP) is 3.23. The minimum absolute atomic E-state index is 0.0386. The van der Waals surface area contributed by atoms with Crippen LogP contribution < -0.4 is 5.32 Å². The normalized spacial score (nSPS) is 32.9. The fourth-order valence-electron chi connectivity index (χ4n) is 2.88. The predicted molar refractivity (Wildman–Crippen MR) is 84.6 cm³/mol. The molecule has 1 aliphatic carbocycles. The Balaban J connectivity index is 1.74. The molecule has 1 aliphatic heterocycles. The summed E-state index contributed by atoms with van der Waals surface area (Å²) in [7, 11) is 0. The van der Waals surface area contributed by atoms with Gasteiger partial charge in [-0.15, -0.1) is 11.8 Å². The molecule has 0 aromatic carbocycles. The fraction of sp³-hybridized carbons (Fsp3) is 0.750. The highest BCUT2D eigenvalue weighted by molar-refractivity contribution is 8.02. The van der Waals surface area contributed by atoms with Gasteiger partial charge in [0.05, 0.1) is 11.8 Å². The van der Waals surface area contributed by atoms with Crippen molar-refractivity contribution in [2.75, 3.05) is 0 Å². The third kappa shape index (κ3) is 4.50. The fourth-order valence-corrected chi connectivity index (χ4v) is 3.71. The maximum Gasteiger partial charge on any atom is 0.331 e. The molecule has 4 nitrogen and oxygen atoms in total. The van der Waals surface area contributed by atoms with E-state index in [-0.39, 0.29) is 28.8 Å². The van der Waals surface area contributed by atoms with Crippen molar-refractivity contribution in [3.63, 3.8) is 0 Å². The van der Waals surface area contributed by atoms with Gasteiger partial charge in [0.25, 0.3) is 0 Å². The quantitative estimate of drug-likeness (QED) is 0.481. The van der Waals surface area contributed by atoms with E-state index in [2.05, 4.69) is 26.1 Å². The minimum atomic E-state index is -0.272. The summed E-state index contributed by atoms with van der Waals surface area (Å²) in [6.45, 7) is 6.78. The maximum absolute atomic E-state index is 11.8. The zero-order chi connectivity index (χ0) is 15.5. The average Bonchev–Trinajstić information content (AvgIpc) is 2.36. The highest BCUT2D eigenvalue weighted by Gasteiger charge is 2.36. The zero-order valence-corrected chi connectivity index (χ0v) is 13.9. The first-order chi connectivity index (χ1) is 9.89. The molecule has 2 rings (SSSR count). The van der Waals surface area contributed by atoms with Crippen molar-refractivity contribution in [1.82, 2.24) is 5.32 Å². The summed E-state index contributed by atoms with van der Waals surface area (Å²) >= 11 is 1.45. The zero-order valence-electron chi connectivity index (χ0n) is 13.1. The number of β-lactam (4-membered cyclic amide) rings is 1. The highest BCUT2D eigenvalue weighted by Crippen LogP contribution is 2.42. The molecule has 0 radical (unpaired) electrons. The smallest absolute Gasteiger partial charge is 0.331 e. The van der Waals surface area contributed by atoms with Crippen LogP contribution in [0.1, 0.15) is 52.9 Å². The molecule has 0 spiro atoms. The van der Waals surface area contributed by atoms with Crippen LogP contribution in [0.5, 0.6) is 0 Å². The molecule has 0 aromatic rings. The van der Waals surface area contributed by atoms with Crippen LogP contribution in [-0.4, -0.2) is 23.4 Å². The van der Waals surface area contributed by atoms with Crippen LogP contribution in [0, 0.1) is 11.3 Å². The summed E-state index contributed by atoms with van der Waals surface area (Å²) in [5.41, 5.74) is 0.276. The number of thioether (sulfide) groups is 1. The summed E-state index contributed by atoms with van der Waals surface area (Å²) in [5.74, 6) is 0.400. The SMILES string of the molecule is CC(C)C1(C)CCCC(OC(=O)C=CS[C@@H]2CC(=O)N2)C1. The Bertz CT molecular complexity index is 427. The number of ether oxygens (including phenoxy) is 1. The third-order valence-corrected chi connectivity index (χ3v) is 5.69. The van der Waals surface area contributed by atoms with Gasteiger partial charge in [-0.25, -0.2) is 4.79 Å². The van der Waals surface area contributed by atoms with Gasteiger partial charge in [-0.1, -0.05) is 20.8 Å². The highest BCUT2D eigenvalue weighted by atomic mass is 32.2. The van der Waals surface area contributed by atoms with Crippen LogP contribution in [0.4, 0.5) is 0 Å². The number of carbonyl (C=O) groups is 2. The third-order valence-electron chi connectivity index (χ3n) is 4.78. The second-order valence-electron chi connectivity index (χ2n) is 6.66. The lowest BCUT2D eigenvalue weighted by Gasteiger charge is -2.40. The molecule has 118 valence electrons. The van der Waals surface area contributed by atoms with E-state index in [0.29, 0.717) is 12.3 Å². The van der Waals surface area contributed by atoms with Gasteiger partial charge in [0, 0.05) is 6.08 Å². The van der Waals surface area contributed by atoms with Crippen LogP contribution in [0.25, 0.3) is 0 Å². The number of hydrogen-bond donors (Lipinski definition) is 1. The molecule has 1 saturated heterocycles. The molecule has 0 bridgehead atoms. The maximum atomic E-state index is 11.8. The number of esters is 1. The molecule has 1 amide bonds. The lowest BCUT2D eigenvalue weighted by molar-refractivity contribution is -0.147. The Hall–Kier alpha value is -0.970. The van der Waals surface area contributed by atoms with Gasteiger partial charge in [0.15, 0.2) is 0 Å².